The van der Waals surface area contributed by atoms with E-state index >= 15 is 0 Å². The van der Waals surface area contributed by atoms with E-state index in [0.29, 0.717) is 11.5 Å². The molecule has 3 atom stereocenters. The molecule has 0 N–H and O–H groups in total. The van der Waals surface area contributed by atoms with Crippen molar-refractivity contribution < 1.29 is 13.7 Å². The van der Waals surface area contributed by atoms with E-state index in [9.17, 15) is 4.21 Å². The molecule has 0 radical (unpaired) electrons. The Morgan fingerprint density at radius 1 is 1.42 bits per heavy atom. The first-order valence-corrected chi connectivity index (χ1v) is 5.63. The summed E-state index contributed by atoms with van der Waals surface area (Å²) in [5.41, 5.74) is -0.311. The molecule has 2 aliphatic rings. The molecular formula is C8H14O3S. The molecule has 2 rings (SSSR count). The lowest BCUT2D eigenvalue weighted by atomic mass is 10.0. The third-order valence-electron chi connectivity index (χ3n) is 2.37. The van der Waals surface area contributed by atoms with Gasteiger partial charge in [0.1, 0.15) is 11.7 Å². The van der Waals surface area contributed by atoms with Crippen LogP contribution in [-0.2, 0) is 20.3 Å². The topological polar surface area (TPSA) is 35.5 Å². The summed E-state index contributed by atoms with van der Waals surface area (Å²) < 4.78 is 22.6. The van der Waals surface area contributed by atoms with Crippen molar-refractivity contribution in [3.63, 3.8) is 0 Å². The maximum atomic E-state index is 11.2. The second-order valence-electron chi connectivity index (χ2n) is 4.17. The van der Waals surface area contributed by atoms with Crippen molar-refractivity contribution in [2.75, 3.05) is 11.5 Å². The van der Waals surface area contributed by atoms with Gasteiger partial charge in [-0.25, -0.2) is 0 Å². The Morgan fingerprint density at radius 2 is 2.08 bits per heavy atom. The van der Waals surface area contributed by atoms with Gasteiger partial charge in [0.05, 0.1) is 11.5 Å². The van der Waals surface area contributed by atoms with Crippen molar-refractivity contribution in [3.05, 3.63) is 0 Å². The molecule has 2 fully saturated rings. The maximum absolute atomic E-state index is 11.2. The van der Waals surface area contributed by atoms with Gasteiger partial charge in [0, 0.05) is 10.8 Å². The van der Waals surface area contributed by atoms with E-state index < -0.39 is 16.6 Å². The van der Waals surface area contributed by atoms with Crippen LogP contribution in [-0.4, -0.2) is 33.2 Å². The molecule has 2 saturated heterocycles. The van der Waals surface area contributed by atoms with E-state index in [1.54, 1.807) is 0 Å². The Kier molecular flexibility index (Phi) is 1.66. The van der Waals surface area contributed by atoms with Gasteiger partial charge in [-0.2, -0.15) is 0 Å². The number of hydrogen-bond donors (Lipinski definition) is 0. The zero-order valence-electron chi connectivity index (χ0n) is 7.62. The third-order valence-corrected chi connectivity index (χ3v) is 3.94. The van der Waals surface area contributed by atoms with Crippen molar-refractivity contribution in [2.24, 2.45) is 0 Å². The van der Waals surface area contributed by atoms with Crippen LogP contribution in [0.2, 0.25) is 0 Å². The lowest BCUT2D eigenvalue weighted by Gasteiger charge is -2.22. The largest absolute Gasteiger partial charge is 0.343 e. The summed E-state index contributed by atoms with van der Waals surface area (Å²) in [6.45, 7) is 5.79. The van der Waals surface area contributed by atoms with E-state index in [0.717, 1.165) is 0 Å². The first kappa shape index (κ1) is 8.66. The molecule has 0 aromatic rings. The predicted octanol–water partition coefficient (Wildman–Crippen LogP) is 0.659. The lowest BCUT2D eigenvalue weighted by Crippen LogP contribution is -2.35. The Morgan fingerprint density at radius 3 is 2.67 bits per heavy atom. The van der Waals surface area contributed by atoms with Gasteiger partial charge in [0.15, 0.2) is 5.79 Å². The highest BCUT2D eigenvalue weighted by Crippen LogP contribution is 2.40. The van der Waals surface area contributed by atoms with Crippen LogP contribution in [0.4, 0.5) is 0 Å². The predicted molar refractivity (Wildman–Crippen MR) is 46.3 cm³/mol. The summed E-state index contributed by atoms with van der Waals surface area (Å²) in [6, 6.07) is 0. The van der Waals surface area contributed by atoms with Gasteiger partial charge in [-0.3, -0.25) is 4.21 Å². The maximum Gasteiger partial charge on any atom is 0.164 e. The van der Waals surface area contributed by atoms with Crippen LogP contribution >= 0.6 is 0 Å². The van der Waals surface area contributed by atoms with Crippen LogP contribution in [0.5, 0.6) is 0 Å². The molecule has 0 spiro atoms. The smallest absolute Gasteiger partial charge is 0.164 e. The average molecular weight is 190 g/mol. The van der Waals surface area contributed by atoms with E-state index in [2.05, 4.69) is 0 Å². The number of rotatable bonds is 0. The fourth-order valence-electron chi connectivity index (χ4n) is 2.00. The molecule has 0 aliphatic carbocycles. The van der Waals surface area contributed by atoms with Crippen LogP contribution < -0.4 is 0 Å². The molecule has 4 heteroatoms. The Hall–Kier alpha value is 0.0700. The van der Waals surface area contributed by atoms with Crippen molar-refractivity contribution in [2.45, 2.75) is 38.3 Å². The standard InChI is InChI=1S/C8H14O3S/c1-7(2)10-6-4-12(9)5-8(6,3)11-7/h6H,4-5H2,1-3H3/t6-,8+,12+/m1/s1. The van der Waals surface area contributed by atoms with E-state index in [4.69, 9.17) is 9.47 Å². The Bertz CT molecular complexity index is 238. The summed E-state index contributed by atoms with van der Waals surface area (Å²) in [5.74, 6) is 0.741. The minimum Gasteiger partial charge on any atom is -0.343 e. The third kappa shape index (κ3) is 1.22. The zero-order valence-corrected chi connectivity index (χ0v) is 8.44. The highest BCUT2D eigenvalue weighted by atomic mass is 32.2. The molecular weight excluding hydrogens is 176 g/mol. The second kappa shape index (κ2) is 2.30. The zero-order chi connectivity index (χ0) is 8.98. The highest BCUT2D eigenvalue weighted by Gasteiger charge is 2.55. The van der Waals surface area contributed by atoms with Gasteiger partial charge in [0.2, 0.25) is 0 Å². The Balaban J connectivity index is 2.22. The van der Waals surface area contributed by atoms with Crippen molar-refractivity contribution in [3.8, 4) is 0 Å². The van der Waals surface area contributed by atoms with Crippen molar-refractivity contribution in [1.82, 2.24) is 0 Å². The molecule has 0 aromatic carbocycles. The summed E-state index contributed by atoms with van der Waals surface area (Å²) in [4.78, 5) is 0. The van der Waals surface area contributed by atoms with Gasteiger partial charge in [-0.1, -0.05) is 0 Å². The molecule has 0 aromatic heterocycles. The average Bonchev–Trinajstić information content (AvgIpc) is 2.11. The molecule has 0 saturated carbocycles. The number of ether oxygens (including phenoxy) is 2. The number of fused-ring (bicyclic) bond motifs is 1. The summed E-state index contributed by atoms with van der Waals surface area (Å²) in [6.07, 6.45) is 0.0216. The minimum absolute atomic E-state index is 0.0216. The lowest BCUT2D eigenvalue weighted by molar-refractivity contribution is -0.156. The summed E-state index contributed by atoms with van der Waals surface area (Å²) >= 11 is 0. The molecule has 2 aliphatic heterocycles. The molecule has 0 amide bonds. The van der Waals surface area contributed by atoms with Crippen LogP contribution in [0.1, 0.15) is 20.8 Å². The molecule has 12 heavy (non-hydrogen) atoms. The summed E-state index contributed by atoms with van der Waals surface area (Å²) in [5, 5.41) is 0. The minimum atomic E-state index is -0.754. The van der Waals surface area contributed by atoms with E-state index in [1.807, 2.05) is 20.8 Å². The molecule has 0 bridgehead atoms. The first-order valence-electron chi connectivity index (χ1n) is 4.14. The van der Waals surface area contributed by atoms with E-state index in [1.165, 1.54) is 0 Å². The van der Waals surface area contributed by atoms with Gasteiger partial charge >= 0.3 is 0 Å². The Labute approximate surface area is 74.9 Å². The van der Waals surface area contributed by atoms with Gasteiger partial charge in [-0.15, -0.1) is 0 Å². The van der Waals surface area contributed by atoms with Crippen LogP contribution in [0.3, 0.4) is 0 Å². The monoisotopic (exact) mass is 190 g/mol. The van der Waals surface area contributed by atoms with Crippen LogP contribution in [0.15, 0.2) is 0 Å². The molecule has 2 heterocycles. The van der Waals surface area contributed by atoms with Gasteiger partial charge in [0.25, 0.3) is 0 Å². The summed E-state index contributed by atoms with van der Waals surface area (Å²) in [7, 11) is -0.754. The van der Waals surface area contributed by atoms with Gasteiger partial charge in [-0.05, 0) is 20.8 Å². The highest BCUT2D eigenvalue weighted by molar-refractivity contribution is 7.85. The normalized spacial score (nSPS) is 50.9. The molecule has 70 valence electrons. The quantitative estimate of drug-likeness (QED) is 0.563. The van der Waals surface area contributed by atoms with Gasteiger partial charge < -0.3 is 9.47 Å². The molecule has 0 unspecified atom stereocenters. The first-order chi connectivity index (χ1) is 5.41. The van der Waals surface area contributed by atoms with Crippen molar-refractivity contribution >= 4 is 10.8 Å². The fraction of sp³-hybridized carbons (Fsp3) is 1.00. The van der Waals surface area contributed by atoms with Crippen molar-refractivity contribution in [1.29, 1.82) is 0 Å². The fourth-order valence-corrected chi connectivity index (χ4v) is 3.76. The number of hydrogen-bond acceptors (Lipinski definition) is 3. The van der Waals surface area contributed by atoms with Crippen LogP contribution in [0, 0.1) is 0 Å². The van der Waals surface area contributed by atoms with Crippen LogP contribution in [0.25, 0.3) is 0 Å². The van der Waals surface area contributed by atoms with E-state index in [-0.39, 0.29) is 11.7 Å². The molecule has 3 nitrogen and oxygen atoms in total. The second-order valence-corrected chi connectivity index (χ2v) is 5.67. The SMILES string of the molecule is CC1(C)O[C@@H]2C[S@](=O)C[C@]2(C)O1.